The Morgan fingerprint density at radius 2 is 1.84 bits per heavy atom. The van der Waals surface area contributed by atoms with Crippen molar-refractivity contribution in [3.05, 3.63) is 47.4 Å². The van der Waals surface area contributed by atoms with E-state index in [1.54, 1.807) is 0 Å². The molecule has 2 rings (SSSR count). The summed E-state index contributed by atoms with van der Waals surface area (Å²) < 4.78 is 5.65. The van der Waals surface area contributed by atoms with Crippen LogP contribution >= 0.6 is 0 Å². The van der Waals surface area contributed by atoms with Crippen LogP contribution in [0.1, 0.15) is 30.0 Å². The minimum absolute atomic E-state index is 0.159. The van der Waals surface area contributed by atoms with Crippen LogP contribution in [0.15, 0.2) is 34.7 Å². The van der Waals surface area contributed by atoms with Gasteiger partial charge in [-0.2, -0.15) is 0 Å². The normalized spacial score (nSPS) is 12.3. The van der Waals surface area contributed by atoms with E-state index in [0.29, 0.717) is 0 Å². The van der Waals surface area contributed by atoms with Gasteiger partial charge in [0.15, 0.2) is 0 Å². The number of aryl methyl sites for hydroxylation is 2. The Balaban J connectivity index is 2.17. The SMILES string of the molecule is Cc1ccc(C(C)Nc2ccc(C)c(N(C)C)c2)o1. The van der Waals surface area contributed by atoms with E-state index in [1.807, 2.05) is 19.1 Å². The number of rotatable bonds is 4. The smallest absolute Gasteiger partial charge is 0.126 e. The van der Waals surface area contributed by atoms with Crippen LogP contribution in [0.4, 0.5) is 11.4 Å². The summed E-state index contributed by atoms with van der Waals surface area (Å²) in [5, 5.41) is 3.47. The number of benzene rings is 1. The molecule has 0 aliphatic heterocycles. The monoisotopic (exact) mass is 258 g/mol. The van der Waals surface area contributed by atoms with E-state index in [4.69, 9.17) is 4.42 Å². The minimum atomic E-state index is 0.159. The minimum Gasteiger partial charge on any atom is -0.464 e. The summed E-state index contributed by atoms with van der Waals surface area (Å²) in [5.74, 6) is 1.91. The van der Waals surface area contributed by atoms with Gasteiger partial charge in [-0.3, -0.25) is 0 Å². The van der Waals surface area contributed by atoms with E-state index in [0.717, 1.165) is 17.2 Å². The lowest BCUT2D eigenvalue weighted by Gasteiger charge is -2.19. The van der Waals surface area contributed by atoms with Crippen LogP contribution in [-0.4, -0.2) is 14.1 Å². The number of nitrogens with one attached hydrogen (secondary N) is 1. The van der Waals surface area contributed by atoms with Crippen molar-refractivity contribution in [1.29, 1.82) is 0 Å². The summed E-state index contributed by atoms with van der Waals surface area (Å²) in [6, 6.07) is 10.6. The van der Waals surface area contributed by atoms with E-state index in [1.165, 1.54) is 11.3 Å². The lowest BCUT2D eigenvalue weighted by atomic mass is 10.1. The van der Waals surface area contributed by atoms with Crippen molar-refractivity contribution in [2.24, 2.45) is 0 Å². The highest BCUT2D eigenvalue weighted by molar-refractivity contribution is 5.62. The molecule has 0 bridgehead atoms. The molecule has 0 radical (unpaired) electrons. The molecule has 0 saturated heterocycles. The Morgan fingerprint density at radius 3 is 2.42 bits per heavy atom. The van der Waals surface area contributed by atoms with Gasteiger partial charge in [0, 0.05) is 25.5 Å². The number of hydrogen-bond donors (Lipinski definition) is 1. The lowest BCUT2D eigenvalue weighted by molar-refractivity contribution is 0.467. The largest absolute Gasteiger partial charge is 0.464 e. The zero-order chi connectivity index (χ0) is 14.0. The first-order valence-corrected chi connectivity index (χ1v) is 6.58. The topological polar surface area (TPSA) is 28.4 Å². The van der Waals surface area contributed by atoms with Gasteiger partial charge in [-0.15, -0.1) is 0 Å². The fraction of sp³-hybridized carbons (Fsp3) is 0.375. The van der Waals surface area contributed by atoms with Crippen LogP contribution in [0.25, 0.3) is 0 Å². The van der Waals surface area contributed by atoms with Crippen LogP contribution in [-0.2, 0) is 0 Å². The molecule has 1 N–H and O–H groups in total. The van der Waals surface area contributed by atoms with Gasteiger partial charge in [-0.05, 0) is 50.6 Å². The average molecular weight is 258 g/mol. The Bertz CT molecular complexity index is 558. The molecule has 1 aromatic carbocycles. The molecule has 3 nitrogen and oxygen atoms in total. The zero-order valence-electron chi connectivity index (χ0n) is 12.3. The van der Waals surface area contributed by atoms with Crippen LogP contribution in [0, 0.1) is 13.8 Å². The fourth-order valence-corrected chi connectivity index (χ4v) is 2.19. The maximum absolute atomic E-state index is 5.65. The number of furan rings is 1. The van der Waals surface area contributed by atoms with Gasteiger partial charge >= 0.3 is 0 Å². The molecule has 2 aromatic rings. The fourth-order valence-electron chi connectivity index (χ4n) is 2.19. The average Bonchev–Trinajstić information content (AvgIpc) is 2.78. The van der Waals surface area contributed by atoms with E-state index in [-0.39, 0.29) is 6.04 Å². The van der Waals surface area contributed by atoms with Gasteiger partial charge in [0.05, 0.1) is 6.04 Å². The third-order valence-electron chi connectivity index (χ3n) is 3.26. The first-order chi connectivity index (χ1) is 8.97. The van der Waals surface area contributed by atoms with Crippen molar-refractivity contribution in [3.63, 3.8) is 0 Å². The molecule has 0 spiro atoms. The van der Waals surface area contributed by atoms with Gasteiger partial charge in [0.25, 0.3) is 0 Å². The summed E-state index contributed by atoms with van der Waals surface area (Å²) in [7, 11) is 4.12. The Labute approximate surface area is 115 Å². The van der Waals surface area contributed by atoms with Crippen molar-refractivity contribution in [2.45, 2.75) is 26.8 Å². The highest BCUT2D eigenvalue weighted by atomic mass is 16.3. The molecule has 102 valence electrons. The molecule has 0 saturated carbocycles. The molecule has 1 atom stereocenters. The standard InChI is InChI=1S/C16H22N2O/c1-11-6-8-14(10-15(11)18(4)5)17-13(3)16-9-7-12(2)19-16/h6-10,13,17H,1-5H3. The maximum Gasteiger partial charge on any atom is 0.126 e. The summed E-state index contributed by atoms with van der Waals surface area (Å²) in [6.07, 6.45) is 0. The molecule has 1 aromatic heterocycles. The predicted molar refractivity (Wildman–Crippen MR) is 81.0 cm³/mol. The van der Waals surface area contributed by atoms with Crippen molar-refractivity contribution in [2.75, 3.05) is 24.3 Å². The second-order valence-corrected chi connectivity index (χ2v) is 5.21. The molecule has 0 aliphatic rings. The predicted octanol–water partition coefficient (Wildman–Crippen LogP) is 4.14. The second-order valence-electron chi connectivity index (χ2n) is 5.21. The first kappa shape index (κ1) is 13.5. The Morgan fingerprint density at radius 1 is 1.11 bits per heavy atom. The highest BCUT2D eigenvalue weighted by Crippen LogP contribution is 2.26. The molecule has 3 heteroatoms. The Kier molecular flexibility index (Phi) is 3.84. The third-order valence-corrected chi connectivity index (χ3v) is 3.26. The molecule has 1 unspecified atom stereocenters. The molecular weight excluding hydrogens is 236 g/mol. The molecule has 1 heterocycles. The number of anilines is 2. The highest BCUT2D eigenvalue weighted by Gasteiger charge is 2.10. The molecule has 0 amide bonds. The summed E-state index contributed by atoms with van der Waals surface area (Å²) in [6.45, 7) is 6.19. The van der Waals surface area contributed by atoms with Gasteiger partial charge in [0.2, 0.25) is 0 Å². The molecule has 0 aliphatic carbocycles. The zero-order valence-corrected chi connectivity index (χ0v) is 12.3. The van der Waals surface area contributed by atoms with Gasteiger partial charge < -0.3 is 14.6 Å². The molecule has 0 fully saturated rings. The Hall–Kier alpha value is -1.90. The van der Waals surface area contributed by atoms with E-state index >= 15 is 0 Å². The van der Waals surface area contributed by atoms with Crippen LogP contribution in [0.2, 0.25) is 0 Å². The third kappa shape index (κ3) is 3.11. The van der Waals surface area contributed by atoms with E-state index in [2.05, 4.69) is 56.4 Å². The molecular formula is C16H22N2O. The first-order valence-electron chi connectivity index (χ1n) is 6.58. The van der Waals surface area contributed by atoms with Crippen LogP contribution in [0.3, 0.4) is 0 Å². The van der Waals surface area contributed by atoms with Crippen molar-refractivity contribution >= 4 is 11.4 Å². The van der Waals surface area contributed by atoms with Gasteiger partial charge in [0.1, 0.15) is 11.5 Å². The van der Waals surface area contributed by atoms with Crippen molar-refractivity contribution in [3.8, 4) is 0 Å². The van der Waals surface area contributed by atoms with Crippen molar-refractivity contribution < 1.29 is 4.42 Å². The number of hydrogen-bond acceptors (Lipinski definition) is 3. The summed E-state index contributed by atoms with van der Waals surface area (Å²) in [4.78, 5) is 2.13. The number of nitrogens with zero attached hydrogens (tertiary/aromatic N) is 1. The van der Waals surface area contributed by atoms with Crippen LogP contribution < -0.4 is 10.2 Å². The van der Waals surface area contributed by atoms with Crippen LogP contribution in [0.5, 0.6) is 0 Å². The summed E-state index contributed by atoms with van der Waals surface area (Å²) in [5.41, 5.74) is 3.61. The van der Waals surface area contributed by atoms with E-state index in [9.17, 15) is 0 Å². The van der Waals surface area contributed by atoms with E-state index < -0.39 is 0 Å². The second kappa shape index (κ2) is 5.39. The summed E-state index contributed by atoms with van der Waals surface area (Å²) >= 11 is 0. The molecule has 19 heavy (non-hydrogen) atoms. The maximum atomic E-state index is 5.65. The lowest BCUT2D eigenvalue weighted by Crippen LogP contribution is -2.11. The van der Waals surface area contributed by atoms with Crippen molar-refractivity contribution in [1.82, 2.24) is 0 Å². The quantitative estimate of drug-likeness (QED) is 0.893. The van der Waals surface area contributed by atoms with Gasteiger partial charge in [-0.1, -0.05) is 6.07 Å². The van der Waals surface area contributed by atoms with Gasteiger partial charge in [-0.25, -0.2) is 0 Å².